The van der Waals surface area contributed by atoms with Crippen LogP contribution in [0.4, 0.5) is 4.39 Å². The molecule has 0 saturated heterocycles. The van der Waals surface area contributed by atoms with Crippen molar-refractivity contribution < 1.29 is 14.1 Å². The average Bonchev–Trinajstić information content (AvgIpc) is 3.10. The van der Waals surface area contributed by atoms with Crippen LogP contribution < -0.4 is 9.38 Å². The van der Waals surface area contributed by atoms with Crippen molar-refractivity contribution in [3.05, 3.63) is 59.0 Å². The third kappa shape index (κ3) is 3.20. The number of aromatic amines is 1. The molecular weight excluding hydrogens is 400 g/mol. The molecule has 28 heavy (non-hydrogen) atoms. The van der Waals surface area contributed by atoms with Crippen molar-refractivity contribution in [1.29, 1.82) is 0 Å². The van der Waals surface area contributed by atoms with E-state index in [1.807, 2.05) is 12.3 Å². The van der Waals surface area contributed by atoms with Crippen molar-refractivity contribution in [2.24, 2.45) is 5.92 Å². The van der Waals surface area contributed by atoms with Crippen LogP contribution in [-0.2, 0) is 0 Å². The molecule has 9 heteroatoms. The van der Waals surface area contributed by atoms with E-state index in [1.54, 1.807) is 18.2 Å². The van der Waals surface area contributed by atoms with E-state index in [2.05, 4.69) is 14.7 Å². The smallest absolute Gasteiger partial charge is 0.531 e. The average molecular weight is 416 g/mol. The largest absolute Gasteiger partial charge is 0.552 e. The maximum Gasteiger partial charge on any atom is 0.552 e. The molecule has 5 rings (SSSR count). The number of rotatable bonds is 4. The quantitative estimate of drug-likeness (QED) is 0.439. The SMILES string of the molecule is OB1C=C(C2CC(NSc3ccc(F)cc3Cl)C2)c2c(cnc3[nH]ccc23)O1. The van der Waals surface area contributed by atoms with E-state index in [0.29, 0.717) is 22.7 Å². The van der Waals surface area contributed by atoms with Crippen LogP contribution in [0.5, 0.6) is 5.75 Å². The Balaban J connectivity index is 1.30. The van der Waals surface area contributed by atoms with E-state index in [4.69, 9.17) is 16.3 Å². The number of hydrogen-bond donors (Lipinski definition) is 3. The molecule has 1 fully saturated rings. The van der Waals surface area contributed by atoms with Crippen LogP contribution in [0.1, 0.15) is 18.4 Å². The molecule has 1 aromatic carbocycles. The highest BCUT2D eigenvalue weighted by atomic mass is 35.5. The molecule has 2 aliphatic rings. The monoisotopic (exact) mass is 415 g/mol. The van der Waals surface area contributed by atoms with Gasteiger partial charge >= 0.3 is 7.12 Å². The molecule has 1 saturated carbocycles. The minimum Gasteiger partial charge on any atom is -0.531 e. The Hall–Kier alpha value is -2.00. The zero-order chi connectivity index (χ0) is 19.3. The van der Waals surface area contributed by atoms with E-state index < -0.39 is 7.12 Å². The maximum absolute atomic E-state index is 13.2. The van der Waals surface area contributed by atoms with Gasteiger partial charge in [0, 0.05) is 28.1 Å². The van der Waals surface area contributed by atoms with Gasteiger partial charge in [-0.15, -0.1) is 0 Å². The fourth-order valence-electron chi connectivity index (χ4n) is 3.79. The maximum atomic E-state index is 13.2. The molecule has 0 radical (unpaired) electrons. The molecule has 2 aromatic heterocycles. The number of H-pyrrole nitrogens is 1. The third-order valence-corrected chi connectivity index (χ3v) is 6.67. The molecule has 1 aliphatic heterocycles. The minimum absolute atomic E-state index is 0.309. The molecule has 0 atom stereocenters. The van der Waals surface area contributed by atoms with E-state index >= 15 is 0 Å². The van der Waals surface area contributed by atoms with Crippen LogP contribution in [-0.4, -0.2) is 28.2 Å². The number of nitrogens with zero attached hydrogens (tertiary/aromatic N) is 1. The van der Waals surface area contributed by atoms with Crippen LogP contribution in [0.2, 0.25) is 5.02 Å². The number of nitrogens with one attached hydrogen (secondary N) is 2. The second-order valence-electron chi connectivity index (χ2n) is 7.03. The molecule has 0 spiro atoms. The summed E-state index contributed by atoms with van der Waals surface area (Å²) in [5.41, 5.74) is 2.91. The van der Waals surface area contributed by atoms with E-state index in [0.717, 1.165) is 39.9 Å². The molecule has 1 aliphatic carbocycles. The number of aromatic nitrogens is 2. The Morgan fingerprint density at radius 1 is 1.36 bits per heavy atom. The first kappa shape index (κ1) is 18.1. The predicted molar refractivity (Wildman–Crippen MR) is 110 cm³/mol. The summed E-state index contributed by atoms with van der Waals surface area (Å²) >= 11 is 7.50. The number of hydrogen-bond acceptors (Lipinski definition) is 5. The normalized spacial score (nSPS) is 21.1. The fourth-order valence-corrected chi connectivity index (χ4v) is 4.85. The van der Waals surface area contributed by atoms with Crippen molar-refractivity contribution in [3.8, 4) is 5.75 Å². The zero-order valence-electron chi connectivity index (χ0n) is 14.7. The molecule has 0 bridgehead atoms. The van der Waals surface area contributed by atoms with Crippen molar-refractivity contribution in [2.75, 3.05) is 0 Å². The van der Waals surface area contributed by atoms with Crippen molar-refractivity contribution in [3.63, 3.8) is 0 Å². The summed E-state index contributed by atoms with van der Waals surface area (Å²) in [7, 11) is -0.958. The lowest BCUT2D eigenvalue weighted by atomic mass is 9.68. The molecule has 0 unspecified atom stereocenters. The van der Waals surface area contributed by atoms with Crippen LogP contribution in [0, 0.1) is 11.7 Å². The number of pyridine rings is 1. The lowest BCUT2D eigenvalue weighted by Gasteiger charge is -2.39. The topological polar surface area (TPSA) is 70.2 Å². The lowest BCUT2D eigenvalue weighted by molar-refractivity contribution is 0.315. The van der Waals surface area contributed by atoms with Gasteiger partial charge < -0.3 is 14.7 Å². The van der Waals surface area contributed by atoms with Crippen molar-refractivity contribution in [2.45, 2.75) is 23.8 Å². The number of benzene rings is 1. The van der Waals surface area contributed by atoms with Crippen LogP contribution in [0.25, 0.3) is 16.6 Å². The number of fused-ring (bicyclic) bond motifs is 3. The van der Waals surface area contributed by atoms with E-state index in [9.17, 15) is 9.41 Å². The molecular formula is C19H16BClFN3O2S. The van der Waals surface area contributed by atoms with Gasteiger partial charge in [-0.3, -0.25) is 4.72 Å². The van der Waals surface area contributed by atoms with Gasteiger partial charge in [0.05, 0.1) is 11.2 Å². The molecule has 3 heterocycles. The van der Waals surface area contributed by atoms with E-state index in [1.165, 1.54) is 24.1 Å². The second-order valence-corrected chi connectivity index (χ2v) is 8.31. The Morgan fingerprint density at radius 2 is 2.21 bits per heavy atom. The Bertz CT molecular complexity index is 1090. The first-order chi connectivity index (χ1) is 13.6. The van der Waals surface area contributed by atoms with Gasteiger partial charge in [0.15, 0.2) is 0 Å². The van der Waals surface area contributed by atoms with Crippen molar-refractivity contribution in [1.82, 2.24) is 14.7 Å². The van der Waals surface area contributed by atoms with Crippen LogP contribution in [0.15, 0.2) is 47.5 Å². The minimum atomic E-state index is -0.958. The summed E-state index contributed by atoms with van der Waals surface area (Å²) in [4.78, 5) is 8.27. The standard InChI is InChI=1S/C19H16BClFN3O2S/c21-15-7-11(22)1-2-17(15)28-25-12-5-10(6-12)14-8-20(26)27-16-9-24-19-13(18(14)16)3-4-23-19/h1-4,7-10,12,25-26H,5-6H2,(H,23,24). The first-order valence-corrected chi connectivity index (χ1v) is 10.2. The number of halogens is 2. The lowest BCUT2D eigenvalue weighted by Crippen LogP contribution is -2.39. The summed E-state index contributed by atoms with van der Waals surface area (Å²) < 4.78 is 22.1. The summed E-state index contributed by atoms with van der Waals surface area (Å²) in [6.07, 6.45) is 5.37. The zero-order valence-corrected chi connectivity index (χ0v) is 16.2. The van der Waals surface area contributed by atoms with Gasteiger partial charge in [0.25, 0.3) is 0 Å². The summed E-state index contributed by atoms with van der Waals surface area (Å²) in [6.45, 7) is 0. The predicted octanol–water partition coefficient (Wildman–Crippen LogP) is 4.23. The Kier molecular flexibility index (Phi) is 4.59. The van der Waals surface area contributed by atoms with Gasteiger partial charge in [-0.25, -0.2) is 9.37 Å². The molecule has 3 aromatic rings. The first-order valence-electron chi connectivity index (χ1n) is 8.99. The summed E-state index contributed by atoms with van der Waals surface area (Å²) in [5, 5.41) is 11.5. The molecule has 0 amide bonds. The Labute approximate surface area is 170 Å². The highest BCUT2D eigenvalue weighted by molar-refractivity contribution is 7.97. The third-order valence-electron chi connectivity index (χ3n) is 5.22. The highest BCUT2D eigenvalue weighted by Gasteiger charge is 2.37. The van der Waals surface area contributed by atoms with Gasteiger partial charge in [0.2, 0.25) is 0 Å². The van der Waals surface area contributed by atoms with Gasteiger partial charge in [0.1, 0.15) is 17.2 Å². The summed E-state index contributed by atoms with van der Waals surface area (Å²) in [6, 6.07) is 6.69. The molecule has 142 valence electrons. The fraction of sp³-hybridized carbons (Fsp3) is 0.211. The van der Waals surface area contributed by atoms with Gasteiger partial charge in [-0.2, -0.15) is 0 Å². The molecule has 3 N–H and O–H groups in total. The molecule has 5 nitrogen and oxygen atoms in total. The van der Waals surface area contributed by atoms with Gasteiger partial charge in [-0.05, 0) is 66.5 Å². The van der Waals surface area contributed by atoms with Crippen LogP contribution in [0.3, 0.4) is 0 Å². The highest BCUT2D eigenvalue weighted by Crippen LogP contribution is 2.46. The van der Waals surface area contributed by atoms with Gasteiger partial charge in [-0.1, -0.05) is 11.6 Å². The number of allylic oxidation sites excluding steroid dienone is 1. The Morgan fingerprint density at radius 3 is 3.04 bits per heavy atom. The van der Waals surface area contributed by atoms with Crippen LogP contribution >= 0.6 is 23.5 Å². The van der Waals surface area contributed by atoms with Crippen molar-refractivity contribution >= 4 is 47.3 Å². The van der Waals surface area contributed by atoms with E-state index in [-0.39, 0.29) is 5.82 Å². The summed E-state index contributed by atoms with van der Waals surface area (Å²) in [5.74, 6) is 2.38. The second kappa shape index (κ2) is 7.11.